The number of phenols is 1. The fourth-order valence-corrected chi connectivity index (χ4v) is 2.21. The van der Waals surface area contributed by atoms with Gasteiger partial charge in [-0.25, -0.2) is 0 Å². The van der Waals surface area contributed by atoms with Gasteiger partial charge in [0.1, 0.15) is 5.75 Å². The number of hydrogen-bond acceptors (Lipinski definition) is 4. The minimum atomic E-state index is 0.204. The van der Waals surface area contributed by atoms with Gasteiger partial charge in [-0.05, 0) is 62.1 Å². The highest BCUT2D eigenvalue weighted by molar-refractivity contribution is 5.80. The lowest BCUT2D eigenvalue weighted by Crippen LogP contribution is -1.95. The van der Waals surface area contributed by atoms with Crippen LogP contribution in [-0.2, 0) is 0 Å². The zero-order valence-corrected chi connectivity index (χ0v) is 14.6. The largest absolute Gasteiger partial charge is 0.504 e. The average Bonchev–Trinajstić information content (AvgIpc) is 2.55. The van der Waals surface area contributed by atoms with Crippen LogP contribution in [-0.4, -0.2) is 25.6 Å². The van der Waals surface area contributed by atoms with Crippen LogP contribution < -0.4 is 9.47 Å². The van der Waals surface area contributed by atoms with Gasteiger partial charge in [-0.15, -0.1) is 0 Å². The van der Waals surface area contributed by atoms with Gasteiger partial charge in [0.2, 0.25) is 0 Å². The molecule has 0 amide bonds. The van der Waals surface area contributed by atoms with E-state index in [1.165, 1.54) is 0 Å². The second kappa shape index (κ2) is 8.22. The van der Waals surface area contributed by atoms with Crippen molar-refractivity contribution in [1.82, 2.24) is 0 Å². The van der Waals surface area contributed by atoms with E-state index >= 15 is 0 Å². The summed E-state index contributed by atoms with van der Waals surface area (Å²) in [6, 6.07) is 7.20. The molecule has 0 aromatic heterocycles. The first kappa shape index (κ1) is 18.6. The Kier molecular flexibility index (Phi) is 6.64. The highest BCUT2D eigenvalue weighted by Crippen LogP contribution is 2.31. The number of rotatable bonds is 3. The van der Waals surface area contributed by atoms with Crippen molar-refractivity contribution >= 4 is 6.29 Å². The van der Waals surface area contributed by atoms with Crippen molar-refractivity contribution in [1.29, 1.82) is 0 Å². The highest BCUT2D eigenvalue weighted by Gasteiger charge is 2.06. The van der Waals surface area contributed by atoms with Gasteiger partial charge in [-0.2, -0.15) is 0 Å². The summed E-state index contributed by atoms with van der Waals surface area (Å²) < 4.78 is 10.1. The van der Waals surface area contributed by atoms with Gasteiger partial charge in [0.25, 0.3) is 0 Å². The Balaban J connectivity index is 0.000000231. The lowest BCUT2D eigenvalue weighted by atomic mass is 10.1. The summed E-state index contributed by atoms with van der Waals surface area (Å²) in [4.78, 5) is 10.6. The molecule has 0 unspecified atom stereocenters. The Morgan fingerprint density at radius 3 is 1.74 bits per heavy atom. The molecule has 4 nitrogen and oxygen atoms in total. The van der Waals surface area contributed by atoms with Gasteiger partial charge in [0.05, 0.1) is 19.8 Å². The predicted octanol–water partition coefficient (Wildman–Crippen LogP) is 4.14. The molecule has 0 bridgehead atoms. The number of ether oxygens (including phenoxy) is 2. The van der Waals surface area contributed by atoms with Crippen LogP contribution in [0.4, 0.5) is 0 Å². The van der Waals surface area contributed by atoms with Crippen molar-refractivity contribution in [2.75, 3.05) is 14.2 Å². The van der Waals surface area contributed by atoms with Crippen LogP contribution in [0.2, 0.25) is 0 Å². The number of phenolic OH excluding ortho intramolecular Hbond substituents is 1. The van der Waals surface area contributed by atoms with Crippen molar-refractivity contribution in [2.45, 2.75) is 27.7 Å². The van der Waals surface area contributed by atoms with Gasteiger partial charge in [-0.3, -0.25) is 4.79 Å². The Hall–Kier alpha value is -2.49. The Morgan fingerprint density at radius 2 is 1.30 bits per heavy atom. The summed E-state index contributed by atoms with van der Waals surface area (Å²) in [6.07, 6.45) is 0.811. The van der Waals surface area contributed by atoms with Gasteiger partial charge < -0.3 is 14.6 Å². The number of aromatic hydroxyl groups is 1. The molecule has 2 aromatic rings. The minimum Gasteiger partial charge on any atom is -0.504 e. The van der Waals surface area contributed by atoms with Gasteiger partial charge in [-0.1, -0.05) is 12.1 Å². The monoisotopic (exact) mass is 316 g/mol. The third-order valence-electron chi connectivity index (χ3n) is 3.90. The summed E-state index contributed by atoms with van der Waals surface area (Å²) in [5, 5.41) is 9.29. The van der Waals surface area contributed by atoms with E-state index in [2.05, 4.69) is 0 Å². The number of carbonyl (C=O) groups excluding carboxylic acids is 1. The van der Waals surface area contributed by atoms with Crippen LogP contribution in [0.25, 0.3) is 0 Å². The van der Waals surface area contributed by atoms with E-state index in [1.807, 2.05) is 39.8 Å². The molecule has 2 aromatic carbocycles. The zero-order chi connectivity index (χ0) is 17.6. The SMILES string of the molecule is COc1c(C=O)ccc(C)c1C.COc1c(O)ccc(C)c1C. The summed E-state index contributed by atoms with van der Waals surface area (Å²) >= 11 is 0. The number of benzene rings is 2. The second-order valence-electron chi connectivity index (χ2n) is 5.31. The van der Waals surface area contributed by atoms with E-state index in [-0.39, 0.29) is 5.75 Å². The lowest BCUT2D eigenvalue weighted by molar-refractivity contribution is 0.112. The van der Waals surface area contributed by atoms with Crippen LogP contribution in [0.5, 0.6) is 17.2 Å². The first-order valence-electron chi connectivity index (χ1n) is 7.29. The van der Waals surface area contributed by atoms with Gasteiger partial charge in [0.15, 0.2) is 17.8 Å². The van der Waals surface area contributed by atoms with Crippen molar-refractivity contribution in [3.05, 3.63) is 52.1 Å². The predicted molar refractivity (Wildman–Crippen MR) is 92.0 cm³/mol. The average molecular weight is 316 g/mol. The molecule has 0 heterocycles. The number of aldehydes is 1. The standard InChI is InChI=1S/C10H12O2.C9H12O2/c1-7-4-5-9(6-11)10(12-3)8(7)2;1-6-4-5-8(10)9(11-3)7(6)2/h4-6H,1-3H3;4-5,10H,1-3H3. The number of hydrogen-bond donors (Lipinski definition) is 1. The molecule has 0 aliphatic heterocycles. The molecule has 0 fully saturated rings. The quantitative estimate of drug-likeness (QED) is 0.865. The van der Waals surface area contributed by atoms with Crippen LogP contribution in [0.15, 0.2) is 24.3 Å². The molecular formula is C19H24O4. The molecule has 23 heavy (non-hydrogen) atoms. The molecule has 4 heteroatoms. The fourth-order valence-electron chi connectivity index (χ4n) is 2.21. The first-order chi connectivity index (χ1) is 10.9. The summed E-state index contributed by atoms with van der Waals surface area (Å²) in [6.45, 7) is 7.85. The Labute approximate surface area is 137 Å². The molecule has 0 radical (unpaired) electrons. The van der Waals surface area contributed by atoms with E-state index in [0.717, 1.165) is 28.5 Å². The second-order valence-corrected chi connectivity index (χ2v) is 5.31. The van der Waals surface area contributed by atoms with E-state index in [4.69, 9.17) is 9.47 Å². The van der Waals surface area contributed by atoms with Crippen molar-refractivity contribution < 1.29 is 19.4 Å². The molecule has 0 aliphatic carbocycles. The summed E-state index contributed by atoms with van der Waals surface area (Å²) in [7, 11) is 3.14. The molecule has 124 valence electrons. The van der Waals surface area contributed by atoms with Crippen LogP contribution in [0, 0.1) is 27.7 Å². The smallest absolute Gasteiger partial charge is 0.163 e. The number of methoxy groups -OCH3 is 2. The zero-order valence-electron chi connectivity index (χ0n) is 14.6. The number of aryl methyl sites for hydroxylation is 2. The molecular weight excluding hydrogens is 292 g/mol. The van der Waals surface area contributed by atoms with Crippen LogP contribution in [0.3, 0.4) is 0 Å². The fraction of sp³-hybridized carbons (Fsp3) is 0.316. The molecule has 1 N–H and O–H groups in total. The molecule has 0 atom stereocenters. The van der Waals surface area contributed by atoms with Crippen molar-refractivity contribution in [3.63, 3.8) is 0 Å². The molecule has 0 aliphatic rings. The highest BCUT2D eigenvalue weighted by atomic mass is 16.5. The summed E-state index contributed by atoms with van der Waals surface area (Å²) in [5.74, 6) is 1.46. The maximum absolute atomic E-state index is 10.6. The molecule has 0 saturated carbocycles. The topological polar surface area (TPSA) is 55.8 Å². The third-order valence-corrected chi connectivity index (χ3v) is 3.90. The van der Waals surface area contributed by atoms with Crippen LogP contribution >= 0.6 is 0 Å². The molecule has 0 saturated heterocycles. The van der Waals surface area contributed by atoms with E-state index in [0.29, 0.717) is 17.1 Å². The summed E-state index contributed by atoms with van der Waals surface area (Å²) in [5.41, 5.74) is 4.90. The van der Waals surface area contributed by atoms with Crippen LogP contribution in [0.1, 0.15) is 32.6 Å². The molecule has 2 rings (SSSR count). The lowest BCUT2D eigenvalue weighted by Gasteiger charge is -2.08. The van der Waals surface area contributed by atoms with E-state index in [1.54, 1.807) is 26.4 Å². The Morgan fingerprint density at radius 1 is 0.826 bits per heavy atom. The normalized spacial score (nSPS) is 9.65. The number of carbonyl (C=O) groups is 1. The third kappa shape index (κ3) is 4.25. The maximum atomic E-state index is 10.6. The van der Waals surface area contributed by atoms with Gasteiger partial charge in [0, 0.05) is 0 Å². The first-order valence-corrected chi connectivity index (χ1v) is 7.29. The maximum Gasteiger partial charge on any atom is 0.163 e. The Bertz CT molecular complexity index is 690. The van der Waals surface area contributed by atoms with Crippen molar-refractivity contribution in [2.24, 2.45) is 0 Å². The minimum absolute atomic E-state index is 0.204. The van der Waals surface area contributed by atoms with Crippen molar-refractivity contribution in [3.8, 4) is 17.2 Å². The van der Waals surface area contributed by atoms with Gasteiger partial charge >= 0.3 is 0 Å². The molecule has 0 spiro atoms. The van der Waals surface area contributed by atoms with E-state index < -0.39 is 0 Å². The van der Waals surface area contributed by atoms with E-state index in [9.17, 15) is 9.90 Å².